The first-order valence-corrected chi connectivity index (χ1v) is 13.4. The molecule has 1 unspecified atom stereocenters. The number of hydrogen-bond acceptors (Lipinski definition) is 1. The highest BCUT2D eigenvalue weighted by Crippen LogP contribution is 2.36. The fraction of sp³-hybridized carbons (Fsp3) is 0.368. The zero-order valence-electron chi connectivity index (χ0n) is 15.0. The van der Waals surface area contributed by atoms with Gasteiger partial charge in [0.1, 0.15) is 5.75 Å². The third-order valence-electron chi connectivity index (χ3n) is 3.92. The van der Waals surface area contributed by atoms with Crippen LogP contribution in [0.4, 0.5) is 0 Å². The fourth-order valence-corrected chi connectivity index (χ4v) is 7.24. The molecule has 4 heteroatoms. The van der Waals surface area contributed by atoms with Gasteiger partial charge in [-0.15, -0.1) is 0 Å². The van der Waals surface area contributed by atoms with Crippen molar-refractivity contribution in [1.29, 1.82) is 0 Å². The minimum atomic E-state index is -3.20. The maximum absolute atomic E-state index is 14.3. The normalized spacial score (nSPS) is 15.1. The molecule has 0 heterocycles. The summed E-state index contributed by atoms with van der Waals surface area (Å²) in [5.41, 5.74) is 0. The van der Waals surface area contributed by atoms with E-state index < -0.39 is 16.6 Å². The number of para-hydroxylation sites is 1. The van der Waals surface area contributed by atoms with Gasteiger partial charge in [0, 0.05) is 5.19 Å². The van der Waals surface area contributed by atoms with Crippen LogP contribution in [0.2, 0.25) is 24.7 Å². The summed E-state index contributed by atoms with van der Waals surface area (Å²) >= 11 is 0. The van der Waals surface area contributed by atoms with E-state index >= 15 is 0 Å². The Labute approximate surface area is 142 Å². The van der Waals surface area contributed by atoms with Crippen LogP contribution in [-0.2, 0) is 4.80 Å². The highest BCUT2D eigenvalue weighted by atomic mass is 28.4. The smallest absolute Gasteiger partial charge is 0.307 e. The molecule has 0 spiro atoms. The largest absolute Gasteiger partial charge is 0.544 e. The van der Waals surface area contributed by atoms with Crippen LogP contribution in [0.5, 0.6) is 5.75 Å². The Hall–Kier alpha value is -1.37. The molecule has 0 saturated heterocycles. The predicted molar refractivity (Wildman–Crippen MR) is 102 cm³/mol. The van der Waals surface area contributed by atoms with Gasteiger partial charge in [0.25, 0.3) is 0 Å². The second-order valence-electron chi connectivity index (χ2n) is 8.01. The molecule has 0 N–H and O–H groups in total. The number of hydrogen-bond donors (Lipinski definition) is 0. The van der Waals surface area contributed by atoms with Crippen molar-refractivity contribution >= 4 is 27.0 Å². The molecule has 23 heavy (non-hydrogen) atoms. The van der Waals surface area contributed by atoms with Crippen LogP contribution < -0.4 is 14.8 Å². The Morgan fingerprint density at radius 1 is 0.826 bits per heavy atom. The maximum Gasteiger partial charge on any atom is 0.307 e. The van der Waals surface area contributed by atoms with Gasteiger partial charge in [-0.25, -0.2) is 0 Å². The molecule has 0 amide bonds. The molecule has 123 valence electrons. The highest BCUT2D eigenvalue weighted by molar-refractivity contribution is 6.99. The van der Waals surface area contributed by atoms with E-state index in [-0.39, 0.29) is 5.04 Å². The molecule has 0 aliphatic rings. The lowest BCUT2D eigenvalue weighted by Crippen LogP contribution is -2.64. The Morgan fingerprint density at radius 2 is 1.35 bits per heavy atom. The second-order valence-corrected chi connectivity index (χ2v) is 16.4. The van der Waals surface area contributed by atoms with Crippen molar-refractivity contribution < 1.29 is 9.22 Å². The van der Waals surface area contributed by atoms with E-state index in [4.69, 9.17) is 4.43 Å². The van der Waals surface area contributed by atoms with Gasteiger partial charge in [-0.2, -0.15) is 0 Å². The summed E-state index contributed by atoms with van der Waals surface area (Å²) in [6.45, 7) is 12.6. The molecule has 0 bridgehead atoms. The average Bonchev–Trinajstić information content (AvgIpc) is 2.45. The first-order valence-electron chi connectivity index (χ1n) is 8.10. The van der Waals surface area contributed by atoms with Gasteiger partial charge in [-0.1, -0.05) is 69.3 Å². The minimum absolute atomic E-state index is 0.354. The molecule has 2 aromatic carbocycles. The van der Waals surface area contributed by atoms with Gasteiger partial charge in [-0.3, -0.25) is 4.80 Å². The summed E-state index contributed by atoms with van der Waals surface area (Å²) in [5.74, 6) is 0.784. The zero-order valence-corrected chi connectivity index (χ0v) is 17.0. The molecule has 0 fully saturated rings. The van der Waals surface area contributed by atoms with Crippen molar-refractivity contribution in [2.75, 3.05) is 0 Å². The third-order valence-corrected chi connectivity index (χ3v) is 9.18. The topological polar surface area (TPSA) is 29.1 Å². The lowest BCUT2D eigenvalue weighted by atomic mass is 10.2. The monoisotopic (exact) mass is 343 g/mol. The van der Waals surface area contributed by atoms with Crippen molar-refractivity contribution in [3.63, 3.8) is 0 Å². The van der Waals surface area contributed by atoms with Gasteiger partial charge in [0.15, 0.2) is 0 Å². The van der Waals surface area contributed by atoms with E-state index in [2.05, 4.69) is 40.4 Å². The predicted octanol–water partition coefficient (Wildman–Crippen LogP) is 4.19. The molecular formula is C19H27O2Si2. The van der Waals surface area contributed by atoms with Crippen molar-refractivity contribution in [3.05, 3.63) is 54.6 Å². The fourth-order valence-electron chi connectivity index (χ4n) is 2.84. The number of rotatable bonds is 4. The molecule has 0 aromatic heterocycles. The molecule has 0 saturated carbocycles. The van der Waals surface area contributed by atoms with Crippen molar-refractivity contribution in [2.24, 2.45) is 0 Å². The second kappa shape index (κ2) is 6.26. The Balaban J connectivity index is 2.68. The van der Waals surface area contributed by atoms with Gasteiger partial charge in [0.05, 0.1) is 0 Å². The lowest BCUT2D eigenvalue weighted by Gasteiger charge is -2.37. The van der Waals surface area contributed by atoms with E-state index in [1.807, 2.05) is 54.6 Å². The van der Waals surface area contributed by atoms with E-state index in [1.165, 1.54) is 0 Å². The standard InChI is InChI=1S/C19H27O2Si2/c1-19(2,3)23(20,16-12-8-7-9-13-16)18-15-11-10-14-17(18)21-22(4,5)6/h7-15H,1-6H3. The summed E-state index contributed by atoms with van der Waals surface area (Å²) in [6.07, 6.45) is 0. The van der Waals surface area contributed by atoms with Crippen LogP contribution in [0.1, 0.15) is 20.8 Å². The molecule has 1 radical (unpaired) electrons. The van der Waals surface area contributed by atoms with Crippen LogP contribution in [0, 0.1) is 0 Å². The van der Waals surface area contributed by atoms with Crippen molar-refractivity contribution in [2.45, 2.75) is 45.5 Å². The lowest BCUT2D eigenvalue weighted by molar-refractivity contribution is 0.403. The Morgan fingerprint density at radius 3 is 1.87 bits per heavy atom. The highest BCUT2D eigenvalue weighted by Gasteiger charge is 2.51. The zero-order chi connectivity index (χ0) is 17.3. The molecule has 2 aromatic rings. The first-order chi connectivity index (χ1) is 10.6. The van der Waals surface area contributed by atoms with Crippen LogP contribution in [-0.4, -0.2) is 16.6 Å². The molecule has 2 nitrogen and oxygen atoms in total. The SMILES string of the molecule is CC(C)(C)[Si]([O])(c1ccccc1)c1ccccc1O[Si](C)(C)C. The Kier molecular flexibility index (Phi) is 4.90. The van der Waals surface area contributed by atoms with Crippen molar-refractivity contribution in [3.8, 4) is 5.75 Å². The summed E-state index contributed by atoms with van der Waals surface area (Å²) in [7, 11) is -4.99. The van der Waals surface area contributed by atoms with Crippen LogP contribution in [0.3, 0.4) is 0 Å². The Bertz CT molecular complexity index is 657. The van der Waals surface area contributed by atoms with Gasteiger partial charge < -0.3 is 4.43 Å². The minimum Gasteiger partial charge on any atom is -0.544 e. The summed E-state index contributed by atoms with van der Waals surface area (Å²) < 4.78 is 6.27. The molecule has 1 atom stereocenters. The van der Waals surface area contributed by atoms with E-state index in [1.54, 1.807) is 0 Å². The molecule has 0 aliphatic carbocycles. The summed E-state index contributed by atoms with van der Waals surface area (Å²) in [6, 6.07) is 17.7. The number of benzene rings is 2. The van der Waals surface area contributed by atoms with Crippen molar-refractivity contribution in [1.82, 2.24) is 0 Å². The third kappa shape index (κ3) is 3.76. The molecule has 2 rings (SSSR count). The quantitative estimate of drug-likeness (QED) is 0.765. The van der Waals surface area contributed by atoms with Gasteiger partial charge in [-0.05, 0) is 35.9 Å². The molecule has 0 aliphatic heterocycles. The van der Waals surface area contributed by atoms with E-state index in [9.17, 15) is 4.80 Å². The first kappa shape index (κ1) is 18.0. The van der Waals surface area contributed by atoms with Gasteiger partial charge in [0.2, 0.25) is 8.32 Å². The van der Waals surface area contributed by atoms with Gasteiger partial charge >= 0.3 is 8.32 Å². The van der Waals surface area contributed by atoms with Crippen LogP contribution >= 0.6 is 0 Å². The maximum atomic E-state index is 14.3. The van der Waals surface area contributed by atoms with E-state index in [0.29, 0.717) is 0 Å². The summed E-state index contributed by atoms with van der Waals surface area (Å²) in [5, 5.41) is 1.42. The van der Waals surface area contributed by atoms with Crippen LogP contribution in [0.25, 0.3) is 0 Å². The van der Waals surface area contributed by atoms with E-state index in [0.717, 1.165) is 16.1 Å². The average molecular weight is 344 g/mol. The summed E-state index contributed by atoms with van der Waals surface area (Å²) in [4.78, 5) is 14.3. The van der Waals surface area contributed by atoms with Crippen LogP contribution in [0.15, 0.2) is 54.6 Å². The molecular weight excluding hydrogens is 316 g/mol.